The van der Waals surface area contributed by atoms with Gasteiger partial charge in [0.25, 0.3) is 5.69 Å². The maximum absolute atomic E-state index is 11.3. The summed E-state index contributed by atoms with van der Waals surface area (Å²) in [5.74, 6) is 0. The van der Waals surface area contributed by atoms with Crippen molar-refractivity contribution in [2.45, 2.75) is 13.5 Å². The first-order chi connectivity index (χ1) is 9.02. The fraction of sp³-hybridized carbons (Fsp3) is 0.182. The van der Waals surface area contributed by atoms with E-state index in [9.17, 15) is 19.7 Å². The Morgan fingerprint density at radius 1 is 1.32 bits per heavy atom. The van der Waals surface area contributed by atoms with Crippen molar-refractivity contribution in [2.24, 2.45) is 0 Å². The fourth-order valence-electron chi connectivity index (χ4n) is 1.74. The standard InChI is InChI=1S/C11H11N4O4/c1-2-12-5-6-3-7(15(18)19)4-8-9(6)14-11(17)10(16)13-8/h2-4,12H,5H2,1H3,(H,13,16)(H,14,17). The van der Waals surface area contributed by atoms with Crippen molar-refractivity contribution < 1.29 is 4.92 Å². The predicted octanol–water partition coefficient (Wildman–Crippen LogP) is 0.396. The van der Waals surface area contributed by atoms with E-state index in [-0.39, 0.29) is 11.2 Å². The van der Waals surface area contributed by atoms with Gasteiger partial charge in [0.15, 0.2) is 0 Å². The lowest BCUT2D eigenvalue weighted by atomic mass is 10.1. The average molecular weight is 263 g/mol. The minimum atomic E-state index is -0.839. The van der Waals surface area contributed by atoms with Crippen LogP contribution in [0.15, 0.2) is 21.7 Å². The summed E-state index contributed by atoms with van der Waals surface area (Å²) in [6, 6.07) is 2.57. The molecule has 1 aromatic heterocycles. The molecule has 0 saturated carbocycles. The van der Waals surface area contributed by atoms with Crippen molar-refractivity contribution in [2.75, 3.05) is 0 Å². The van der Waals surface area contributed by atoms with Gasteiger partial charge in [0.2, 0.25) is 0 Å². The maximum Gasteiger partial charge on any atom is 0.314 e. The molecule has 0 aliphatic rings. The molecule has 0 fully saturated rings. The van der Waals surface area contributed by atoms with Gasteiger partial charge in [0, 0.05) is 25.2 Å². The molecule has 1 aromatic carbocycles. The monoisotopic (exact) mass is 263 g/mol. The van der Waals surface area contributed by atoms with Gasteiger partial charge in [-0.3, -0.25) is 19.7 Å². The number of non-ortho nitro benzene ring substituents is 1. The highest BCUT2D eigenvalue weighted by atomic mass is 16.6. The van der Waals surface area contributed by atoms with E-state index in [0.717, 1.165) is 0 Å². The molecule has 0 unspecified atom stereocenters. The van der Waals surface area contributed by atoms with E-state index in [2.05, 4.69) is 15.3 Å². The lowest BCUT2D eigenvalue weighted by Gasteiger charge is -2.06. The van der Waals surface area contributed by atoms with Crippen molar-refractivity contribution in [3.05, 3.63) is 55.1 Å². The topological polar surface area (TPSA) is 121 Å². The predicted molar refractivity (Wildman–Crippen MR) is 68.7 cm³/mol. The summed E-state index contributed by atoms with van der Waals surface area (Å²) in [5.41, 5.74) is -0.646. The molecule has 0 aliphatic carbocycles. The summed E-state index contributed by atoms with van der Waals surface area (Å²) in [4.78, 5) is 37.6. The molecule has 0 spiro atoms. The Bertz CT molecular complexity index is 746. The van der Waals surface area contributed by atoms with Gasteiger partial charge >= 0.3 is 11.1 Å². The van der Waals surface area contributed by atoms with E-state index in [1.54, 1.807) is 13.5 Å². The molecule has 0 saturated heterocycles. The van der Waals surface area contributed by atoms with Crippen LogP contribution in [0.1, 0.15) is 12.5 Å². The van der Waals surface area contributed by atoms with Crippen LogP contribution < -0.4 is 16.4 Å². The molecule has 1 heterocycles. The number of hydrogen-bond donors (Lipinski definition) is 3. The van der Waals surface area contributed by atoms with Crippen molar-refractivity contribution in [1.29, 1.82) is 0 Å². The van der Waals surface area contributed by atoms with Gasteiger partial charge in [-0.2, -0.15) is 0 Å². The third-order valence-electron chi connectivity index (χ3n) is 2.61. The molecule has 0 aliphatic heterocycles. The zero-order chi connectivity index (χ0) is 14.0. The number of nitrogens with one attached hydrogen (secondary N) is 3. The highest BCUT2D eigenvalue weighted by Gasteiger charge is 2.13. The quantitative estimate of drug-likeness (QED) is 0.418. The number of H-pyrrole nitrogens is 2. The molecule has 2 aromatic rings. The van der Waals surface area contributed by atoms with E-state index >= 15 is 0 Å². The summed E-state index contributed by atoms with van der Waals surface area (Å²) in [6.45, 7) is 3.75. The van der Waals surface area contributed by atoms with E-state index in [4.69, 9.17) is 0 Å². The molecule has 3 N–H and O–H groups in total. The highest BCUT2D eigenvalue weighted by Crippen LogP contribution is 2.21. The van der Waals surface area contributed by atoms with Gasteiger partial charge in [0.05, 0.1) is 16.0 Å². The van der Waals surface area contributed by atoms with Gasteiger partial charge in [-0.1, -0.05) is 0 Å². The van der Waals surface area contributed by atoms with Crippen LogP contribution in [-0.4, -0.2) is 14.9 Å². The van der Waals surface area contributed by atoms with Crippen LogP contribution in [0.2, 0.25) is 0 Å². The minimum absolute atomic E-state index is 0.150. The number of fused-ring (bicyclic) bond motifs is 1. The van der Waals surface area contributed by atoms with Gasteiger partial charge in [-0.25, -0.2) is 0 Å². The normalized spacial score (nSPS) is 10.8. The maximum atomic E-state index is 11.3. The Labute approximate surface area is 106 Å². The van der Waals surface area contributed by atoms with Crippen molar-refractivity contribution in [1.82, 2.24) is 15.3 Å². The zero-order valence-corrected chi connectivity index (χ0v) is 10.0. The van der Waals surface area contributed by atoms with Crippen LogP contribution in [0.5, 0.6) is 0 Å². The van der Waals surface area contributed by atoms with Crippen LogP contribution >= 0.6 is 0 Å². The van der Waals surface area contributed by atoms with E-state index in [1.807, 2.05) is 0 Å². The summed E-state index contributed by atoms with van der Waals surface area (Å²) in [7, 11) is 0. The molecule has 8 nitrogen and oxygen atoms in total. The zero-order valence-electron chi connectivity index (χ0n) is 10.0. The first-order valence-electron chi connectivity index (χ1n) is 5.47. The number of nitrogens with zero attached hydrogens (tertiary/aromatic N) is 1. The number of nitro benzene ring substituents is 1. The Kier molecular flexibility index (Phi) is 3.43. The highest BCUT2D eigenvalue weighted by molar-refractivity contribution is 5.80. The Morgan fingerprint density at radius 3 is 2.63 bits per heavy atom. The molecule has 8 heteroatoms. The average Bonchev–Trinajstić information content (AvgIpc) is 2.37. The molecule has 0 atom stereocenters. The Morgan fingerprint density at radius 2 is 2.00 bits per heavy atom. The number of aromatic amines is 2. The first-order valence-corrected chi connectivity index (χ1v) is 5.47. The molecule has 19 heavy (non-hydrogen) atoms. The number of rotatable bonds is 4. The minimum Gasteiger partial charge on any atom is -0.316 e. The third-order valence-corrected chi connectivity index (χ3v) is 2.61. The van der Waals surface area contributed by atoms with Gasteiger partial charge in [-0.15, -0.1) is 0 Å². The lowest BCUT2D eigenvalue weighted by Crippen LogP contribution is -2.29. The van der Waals surface area contributed by atoms with Crippen LogP contribution in [0.4, 0.5) is 5.69 Å². The molecular formula is C11H11N4O4. The second-order valence-corrected chi connectivity index (χ2v) is 3.86. The largest absolute Gasteiger partial charge is 0.316 e. The smallest absolute Gasteiger partial charge is 0.314 e. The number of aromatic nitrogens is 2. The molecule has 1 radical (unpaired) electrons. The summed E-state index contributed by atoms with van der Waals surface area (Å²) in [5, 5.41) is 13.7. The van der Waals surface area contributed by atoms with Gasteiger partial charge in [-0.05, 0) is 12.5 Å². The van der Waals surface area contributed by atoms with E-state index in [1.165, 1.54) is 12.1 Å². The van der Waals surface area contributed by atoms with E-state index in [0.29, 0.717) is 17.6 Å². The number of nitro groups is 1. The van der Waals surface area contributed by atoms with Crippen LogP contribution in [0, 0.1) is 16.7 Å². The summed E-state index contributed by atoms with van der Waals surface area (Å²) >= 11 is 0. The van der Waals surface area contributed by atoms with E-state index < -0.39 is 16.0 Å². The SMILES string of the molecule is C[CH]NCc1cc([N+](=O)[O-])cc2[nH]c(=O)c(=O)[nH]c12. The second kappa shape index (κ2) is 5.02. The Hall–Kier alpha value is -2.48. The van der Waals surface area contributed by atoms with Gasteiger partial charge in [0.1, 0.15) is 0 Å². The summed E-state index contributed by atoms with van der Waals surface area (Å²) in [6.07, 6.45) is 0. The second-order valence-electron chi connectivity index (χ2n) is 3.86. The molecule has 2 rings (SSSR count). The number of hydrogen-bond acceptors (Lipinski definition) is 5. The van der Waals surface area contributed by atoms with Crippen LogP contribution in [-0.2, 0) is 6.54 Å². The fourth-order valence-corrected chi connectivity index (χ4v) is 1.74. The van der Waals surface area contributed by atoms with Crippen molar-refractivity contribution in [3.63, 3.8) is 0 Å². The Balaban J connectivity index is 2.74. The lowest BCUT2D eigenvalue weighted by molar-refractivity contribution is -0.384. The number of benzene rings is 1. The molecular weight excluding hydrogens is 252 g/mol. The van der Waals surface area contributed by atoms with Crippen LogP contribution in [0.25, 0.3) is 11.0 Å². The van der Waals surface area contributed by atoms with Gasteiger partial charge < -0.3 is 15.3 Å². The molecule has 99 valence electrons. The van der Waals surface area contributed by atoms with Crippen molar-refractivity contribution in [3.8, 4) is 0 Å². The summed E-state index contributed by atoms with van der Waals surface area (Å²) < 4.78 is 0. The van der Waals surface area contributed by atoms with Crippen molar-refractivity contribution >= 4 is 16.7 Å². The third kappa shape index (κ3) is 2.52. The molecule has 0 amide bonds. The molecule has 0 bridgehead atoms. The van der Waals surface area contributed by atoms with Crippen LogP contribution in [0.3, 0.4) is 0 Å². The first kappa shape index (κ1) is 13.0.